The first-order chi connectivity index (χ1) is 10.4. The van der Waals surface area contributed by atoms with Crippen LogP contribution in [0.15, 0.2) is 50.6 Å². The molecular weight excluding hydrogens is 352 g/mol. The van der Waals surface area contributed by atoms with Gasteiger partial charge in [0.05, 0.1) is 5.56 Å². The summed E-state index contributed by atoms with van der Waals surface area (Å²) in [6.07, 6.45) is 3.83. The average Bonchev–Trinajstić information content (AvgIpc) is 2.50. The molecule has 2 rings (SSSR count). The molecule has 0 saturated heterocycles. The number of hydrogen-bond acceptors (Lipinski definition) is 4. The van der Waals surface area contributed by atoms with Crippen molar-refractivity contribution >= 4 is 28.0 Å². The Morgan fingerprint density at radius 3 is 2.45 bits per heavy atom. The van der Waals surface area contributed by atoms with Crippen molar-refractivity contribution in [2.24, 2.45) is 14.1 Å². The minimum absolute atomic E-state index is 0.220. The second kappa shape index (κ2) is 6.57. The van der Waals surface area contributed by atoms with Crippen molar-refractivity contribution in [2.75, 3.05) is 0 Å². The van der Waals surface area contributed by atoms with E-state index in [1.54, 1.807) is 24.3 Å². The highest BCUT2D eigenvalue weighted by Gasteiger charge is 2.05. The van der Waals surface area contributed by atoms with Gasteiger partial charge in [0.15, 0.2) is 0 Å². The predicted molar refractivity (Wildman–Crippen MR) is 85.7 cm³/mol. The maximum Gasteiger partial charge on any atom is 0.336 e. The molecule has 0 atom stereocenters. The smallest absolute Gasteiger partial charge is 0.336 e. The molecule has 0 amide bonds. The monoisotopic (exact) mass is 364 g/mol. The van der Waals surface area contributed by atoms with Crippen molar-refractivity contribution in [2.45, 2.75) is 0 Å². The first-order valence-electron chi connectivity index (χ1n) is 6.30. The molecule has 0 spiro atoms. The number of carbonyl (C=O) groups is 1. The number of halogens is 1. The van der Waals surface area contributed by atoms with Gasteiger partial charge in [0.2, 0.25) is 0 Å². The summed E-state index contributed by atoms with van der Waals surface area (Å²) in [4.78, 5) is 35.2. The number of hydrogen-bond donors (Lipinski definition) is 0. The first-order valence-corrected chi connectivity index (χ1v) is 7.10. The molecule has 0 radical (unpaired) electrons. The lowest BCUT2D eigenvalue weighted by Crippen LogP contribution is -2.37. The Kier molecular flexibility index (Phi) is 4.77. The molecule has 0 saturated carbocycles. The van der Waals surface area contributed by atoms with Crippen molar-refractivity contribution in [1.29, 1.82) is 0 Å². The van der Waals surface area contributed by atoms with E-state index in [-0.39, 0.29) is 5.56 Å². The van der Waals surface area contributed by atoms with Gasteiger partial charge in [0, 0.05) is 30.8 Å². The number of aromatic nitrogens is 2. The zero-order valence-corrected chi connectivity index (χ0v) is 13.5. The number of rotatable bonds is 3. The van der Waals surface area contributed by atoms with E-state index in [1.165, 1.54) is 30.9 Å². The molecule has 6 nitrogen and oxygen atoms in total. The number of carbonyl (C=O) groups excluding carboxylic acids is 1. The molecule has 0 aliphatic rings. The van der Waals surface area contributed by atoms with E-state index in [2.05, 4.69) is 15.9 Å². The van der Waals surface area contributed by atoms with E-state index in [9.17, 15) is 14.4 Å². The molecule has 0 unspecified atom stereocenters. The molecular formula is C15H13BrN2O4. The Morgan fingerprint density at radius 1 is 1.18 bits per heavy atom. The fourth-order valence-electron chi connectivity index (χ4n) is 1.76. The quantitative estimate of drug-likeness (QED) is 0.469. The largest absolute Gasteiger partial charge is 0.423 e. The van der Waals surface area contributed by atoms with Crippen LogP contribution in [0.25, 0.3) is 6.08 Å². The summed E-state index contributed by atoms with van der Waals surface area (Å²) in [6, 6.07) is 6.77. The molecule has 0 bridgehead atoms. The third-order valence-corrected chi connectivity index (χ3v) is 3.43. The molecule has 0 aliphatic heterocycles. The lowest BCUT2D eigenvalue weighted by molar-refractivity contribution is -0.128. The van der Waals surface area contributed by atoms with Gasteiger partial charge < -0.3 is 9.30 Å². The van der Waals surface area contributed by atoms with Gasteiger partial charge in [-0.2, -0.15) is 0 Å². The highest BCUT2D eigenvalue weighted by molar-refractivity contribution is 9.10. The van der Waals surface area contributed by atoms with Gasteiger partial charge in [-0.05, 0) is 30.3 Å². The van der Waals surface area contributed by atoms with Crippen LogP contribution in [0.5, 0.6) is 5.75 Å². The number of nitrogens with zero attached hydrogens (tertiary/aromatic N) is 2. The fourth-order valence-corrected chi connectivity index (χ4v) is 2.03. The van der Waals surface area contributed by atoms with Crippen LogP contribution in [0.3, 0.4) is 0 Å². The summed E-state index contributed by atoms with van der Waals surface area (Å²) in [7, 11) is 2.90. The van der Waals surface area contributed by atoms with Crippen LogP contribution in [0.2, 0.25) is 0 Å². The summed E-state index contributed by atoms with van der Waals surface area (Å²) < 4.78 is 8.20. The Hall–Kier alpha value is -2.41. The van der Waals surface area contributed by atoms with E-state index in [4.69, 9.17) is 4.74 Å². The zero-order valence-electron chi connectivity index (χ0n) is 11.9. The maximum atomic E-state index is 11.9. The van der Waals surface area contributed by atoms with Crippen molar-refractivity contribution in [3.05, 3.63) is 67.4 Å². The first kappa shape index (κ1) is 16.0. The molecule has 0 N–H and O–H groups in total. The number of esters is 1. The standard InChI is InChI=1S/C15H13BrN2O4/c1-17-9-10(14(20)18(2)15(17)21)3-8-13(19)22-12-6-4-11(16)5-7-12/h3-9H,1-2H3/b8-3+. The Balaban J connectivity index is 2.18. The number of aryl methyl sites for hydroxylation is 1. The lowest BCUT2D eigenvalue weighted by Gasteiger charge is -2.03. The van der Waals surface area contributed by atoms with Crippen LogP contribution in [0, 0.1) is 0 Å². The fraction of sp³-hybridized carbons (Fsp3) is 0.133. The van der Waals surface area contributed by atoms with Gasteiger partial charge in [0.25, 0.3) is 5.56 Å². The third kappa shape index (κ3) is 3.62. The van der Waals surface area contributed by atoms with E-state index < -0.39 is 17.2 Å². The molecule has 1 heterocycles. The summed E-state index contributed by atoms with van der Waals surface area (Å²) in [6.45, 7) is 0. The minimum atomic E-state index is -0.613. The Morgan fingerprint density at radius 2 is 1.82 bits per heavy atom. The van der Waals surface area contributed by atoms with E-state index in [1.807, 2.05) is 0 Å². The van der Waals surface area contributed by atoms with Crippen LogP contribution in [0.4, 0.5) is 0 Å². The SMILES string of the molecule is Cn1cc(/C=C/C(=O)Oc2ccc(Br)cc2)c(=O)n(C)c1=O. The number of ether oxygens (including phenoxy) is 1. The van der Waals surface area contributed by atoms with Crippen LogP contribution < -0.4 is 16.0 Å². The molecule has 7 heteroatoms. The highest BCUT2D eigenvalue weighted by atomic mass is 79.9. The van der Waals surface area contributed by atoms with Crippen LogP contribution >= 0.6 is 15.9 Å². The van der Waals surface area contributed by atoms with Crippen molar-refractivity contribution < 1.29 is 9.53 Å². The molecule has 1 aromatic carbocycles. The summed E-state index contributed by atoms with van der Waals surface area (Å²) >= 11 is 3.28. The van der Waals surface area contributed by atoms with Crippen LogP contribution in [0.1, 0.15) is 5.56 Å². The second-order valence-corrected chi connectivity index (χ2v) is 5.47. The van der Waals surface area contributed by atoms with Gasteiger partial charge in [-0.25, -0.2) is 9.59 Å². The third-order valence-electron chi connectivity index (χ3n) is 2.90. The molecule has 2 aromatic rings. The van der Waals surface area contributed by atoms with Gasteiger partial charge in [-0.3, -0.25) is 9.36 Å². The molecule has 0 fully saturated rings. The second-order valence-electron chi connectivity index (χ2n) is 4.55. The highest BCUT2D eigenvalue weighted by Crippen LogP contribution is 2.16. The zero-order chi connectivity index (χ0) is 16.3. The Labute approximate surface area is 134 Å². The van der Waals surface area contributed by atoms with Crippen molar-refractivity contribution in [3.8, 4) is 5.75 Å². The van der Waals surface area contributed by atoms with Crippen molar-refractivity contribution in [3.63, 3.8) is 0 Å². The summed E-state index contributed by atoms with van der Waals surface area (Å²) in [5.74, 6) is -0.218. The van der Waals surface area contributed by atoms with Gasteiger partial charge in [-0.15, -0.1) is 0 Å². The summed E-state index contributed by atoms with van der Waals surface area (Å²) in [5, 5.41) is 0. The van der Waals surface area contributed by atoms with Crippen molar-refractivity contribution in [1.82, 2.24) is 9.13 Å². The van der Waals surface area contributed by atoms with Gasteiger partial charge in [0.1, 0.15) is 5.75 Å². The van der Waals surface area contributed by atoms with Crippen LogP contribution in [-0.4, -0.2) is 15.1 Å². The molecule has 1 aromatic heterocycles. The predicted octanol–water partition coefficient (Wildman–Crippen LogP) is 1.47. The topological polar surface area (TPSA) is 70.3 Å². The van der Waals surface area contributed by atoms with Gasteiger partial charge in [-0.1, -0.05) is 15.9 Å². The van der Waals surface area contributed by atoms with Crippen LogP contribution in [-0.2, 0) is 18.9 Å². The lowest BCUT2D eigenvalue weighted by atomic mass is 10.3. The van der Waals surface area contributed by atoms with E-state index >= 15 is 0 Å². The van der Waals surface area contributed by atoms with E-state index in [0.29, 0.717) is 5.75 Å². The number of benzene rings is 1. The summed E-state index contributed by atoms with van der Waals surface area (Å²) in [5.41, 5.74) is -0.687. The normalized spacial score (nSPS) is 10.9. The van der Waals surface area contributed by atoms with Gasteiger partial charge >= 0.3 is 11.7 Å². The maximum absolute atomic E-state index is 11.9. The molecule has 22 heavy (non-hydrogen) atoms. The molecule has 0 aliphatic carbocycles. The minimum Gasteiger partial charge on any atom is -0.423 e. The average molecular weight is 365 g/mol. The Bertz CT molecular complexity index is 847. The van der Waals surface area contributed by atoms with E-state index in [0.717, 1.165) is 15.1 Å². The molecule has 114 valence electrons.